The van der Waals surface area contributed by atoms with Crippen LogP contribution < -0.4 is 10.6 Å². The first kappa shape index (κ1) is 17.5. The molecular weight excluding hydrogens is 334 g/mol. The van der Waals surface area contributed by atoms with Gasteiger partial charge in [-0.3, -0.25) is 4.90 Å². The fourth-order valence-electron chi connectivity index (χ4n) is 3.02. The number of nitrogens with zero attached hydrogens (tertiary/aromatic N) is 1. The van der Waals surface area contributed by atoms with Gasteiger partial charge in [0.15, 0.2) is 0 Å². The van der Waals surface area contributed by atoms with Crippen LogP contribution in [0, 0.1) is 0 Å². The Morgan fingerprint density at radius 2 is 2.00 bits per heavy atom. The zero-order valence-electron chi connectivity index (χ0n) is 14.3. The molecule has 0 radical (unpaired) electrons. The van der Waals surface area contributed by atoms with E-state index in [1.54, 1.807) is 13.1 Å². The average molecular weight is 356 g/mol. The molecule has 2 N–H and O–H groups in total. The van der Waals surface area contributed by atoms with Crippen LogP contribution >= 0.6 is 11.6 Å². The Labute approximate surface area is 153 Å². The van der Waals surface area contributed by atoms with Crippen LogP contribution in [0.15, 0.2) is 54.6 Å². The van der Waals surface area contributed by atoms with Crippen molar-refractivity contribution in [2.75, 3.05) is 25.5 Å². The summed E-state index contributed by atoms with van der Waals surface area (Å²) in [5.74, 6) is 0. The van der Waals surface area contributed by atoms with E-state index in [1.807, 2.05) is 18.2 Å². The average Bonchev–Trinajstić information content (AvgIpc) is 2.64. The number of halogens is 1. The van der Waals surface area contributed by atoms with Gasteiger partial charge in [0.2, 0.25) is 0 Å². The van der Waals surface area contributed by atoms with Gasteiger partial charge >= 0.3 is 6.03 Å². The molecule has 0 spiro atoms. The van der Waals surface area contributed by atoms with Gasteiger partial charge in [-0.05, 0) is 35.8 Å². The number of carbonyl (C=O) groups is 1. The third-order valence-corrected chi connectivity index (χ3v) is 4.58. The Bertz CT molecular complexity index is 774. The van der Waals surface area contributed by atoms with Gasteiger partial charge in [0.1, 0.15) is 0 Å². The number of anilines is 1. The van der Waals surface area contributed by atoms with Crippen molar-refractivity contribution in [3.8, 4) is 0 Å². The zero-order chi connectivity index (χ0) is 17.6. The lowest BCUT2D eigenvalue weighted by Gasteiger charge is -2.27. The lowest BCUT2D eigenvalue weighted by Crippen LogP contribution is -2.28. The second kappa shape index (κ2) is 8.19. The first-order valence-electron chi connectivity index (χ1n) is 8.39. The molecule has 130 valence electrons. The van der Waals surface area contributed by atoms with Gasteiger partial charge in [-0.1, -0.05) is 48.0 Å². The number of benzene rings is 2. The molecule has 0 saturated carbocycles. The van der Waals surface area contributed by atoms with Crippen LogP contribution in [0.1, 0.15) is 17.5 Å². The van der Waals surface area contributed by atoms with Crippen molar-refractivity contribution < 1.29 is 4.79 Å². The molecule has 4 nitrogen and oxygen atoms in total. The fraction of sp³-hybridized carbons (Fsp3) is 0.250. The van der Waals surface area contributed by atoms with Crippen molar-refractivity contribution in [3.05, 3.63) is 70.8 Å². The summed E-state index contributed by atoms with van der Waals surface area (Å²) in [6.07, 6.45) is 3.16. The topological polar surface area (TPSA) is 44.4 Å². The summed E-state index contributed by atoms with van der Waals surface area (Å²) in [6.45, 7) is 2.81. The van der Waals surface area contributed by atoms with Crippen LogP contribution in [-0.4, -0.2) is 31.1 Å². The first-order valence-corrected chi connectivity index (χ1v) is 8.77. The minimum atomic E-state index is -0.231. The molecule has 5 heteroatoms. The summed E-state index contributed by atoms with van der Waals surface area (Å²) in [7, 11) is 1.60. The van der Waals surface area contributed by atoms with Gasteiger partial charge in [0, 0.05) is 43.0 Å². The monoisotopic (exact) mass is 355 g/mol. The highest BCUT2D eigenvalue weighted by Crippen LogP contribution is 2.31. The molecule has 1 aliphatic rings. The molecule has 0 bridgehead atoms. The van der Waals surface area contributed by atoms with Gasteiger partial charge in [-0.15, -0.1) is 0 Å². The Balaban J connectivity index is 1.74. The van der Waals surface area contributed by atoms with Gasteiger partial charge < -0.3 is 10.6 Å². The highest BCUT2D eigenvalue weighted by Gasteiger charge is 2.16. The van der Waals surface area contributed by atoms with E-state index in [0.29, 0.717) is 5.02 Å². The van der Waals surface area contributed by atoms with Crippen LogP contribution in [-0.2, 0) is 6.54 Å². The predicted octanol–water partition coefficient (Wildman–Crippen LogP) is 4.38. The number of amides is 2. The molecule has 0 unspecified atom stereocenters. The largest absolute Gasteiger partial charge is 0.341 e. The van der Waals surface area contributed by atoms with E-state index in [-0.39, 0.29) is 6.03 Å². The number of hydrogen-bond donors (Lipinski definition) is 2. The molecule has 1 aliphatic heterocycles. The lowest BCUT2D eigenvalue weighted by molar-refractivity contribution is 0.254. The van der Waals surface area contributed by atoms with Crippen molar-refractivity contribution in [1.29, 1.82) is 0 Å². The van der Waals surface area contributed by atoms with Crippen LogP contribution in [0.25, 0.3) is 5.57 Å². The first-order chi connectivity index (χ1) is 12.2. The highest BCUT2D eigenvalue weighted by atomic mass is 35.5. The van der Waals surface area contributed by atoms with E-state index < -0.39 is 0 Å². The van der Waals surface area contributed by atoms with Crippen LogP contribution in [0.3, 0.4) is 0 Å². The molecule has 3 rings (SSSR count). The van der Waals surface area contributed by atoms with E-state index in [9.17, 15) is 4.79 Å². The molecule has 2 aromatic carbocycles. The molecular formula is C20H22ClN3O. The second-order valence-electron chi connectivity index (χ2n) is 6.09. The van der Waals surface area contributed by atoms with Crippen LogP contribution in [0.4, 0.5) is 10.5 Å². The minimum Gasteiger partial charge on any atom is -0.341 e. The van der Waals surface area contributed by atoms with Crippen molar-refractivity contribution in [3.63, 3.8) is 0 Å². The van der Waals surface area contributed by atoms with Gasteiger partial charge in [-0.25, -0.2) is 4.79 Å². The Kier molecular flexibility index (Phi) is 5.74. The second-order valence-corrected chi connectivity index (χ2v) is 6.53. The van der Waals surface area contributed by atoms with Crippen LogP contribution in [0.5, 0.6) is 0 Å². The van der Waals surface area contributed by atoms with Gasteiger partial charge in [0.05, 0.1) is 0 Å². The van der Waals surface area contributed by atoms with E-state index in [1.165, 1.54) is 11.1 Å². The Morgan fingerprint density at radius 1 is 1.20 bits per heavy atom. The molecule has 25 heavy (non-hydrogen) atoms. The lowest BCUT2D eigenvalue weighted by atomic mass is 9.97. The molecule has 0 aromatic heterocycles. The summed E-state index contributed by atoms with van der Waals surface area (Å²) >= 11 is 6.18. The normalized spacial score (nSPS) is 14.7. The van der Waals surface area contributed by atoms with Gasteiger partial charge in [-0.2, -0.15) is 0 Å². The minimum absolute atomic E-state index is 0.231. The Morgan fingerprint density at radius 3 is 2.68 bits per heavy atom. The van der Waals surface area contributed by atoms with E-state index in [2.05, 4.69) is 45.9 Å². The molecule has 2 aromatic rings. The SMILES string of the molecule is CNC(=O)Nc1ccc(Cl)cc1C1=CCN(Cc2ccccc2)CC1. The maximum absolute atomic E-state index is 11.7. The standard InChI is InChI=1S/C20H22ClN3O/c1-22-20(25)23-19-8-7-17(21)13-18(19)16-9-11-24(12-10-16)14-15-5-3-2-4-6-15/h2-9,13H,10-12,14H2,1H3,(H2,22,23,25). The summed E-state index contributed by atoms with van der Waals surface area (Å²) in [4.78, 5) is 14.1. The van der Waals surface area contributed by atoms with Crippen LogP contribution in [0.2, 0.25) is 5.02 Å². The molecule has 2 amide bonds. The maximum Gasteiger partial charge on any atom is 0.318 e. The smallest absolute Gasteiger partial charge is 0.318 e. The summed E-state index contributed by atoms with van der Waals surface area (Å²) in [6, 6.07) is 15.8. The summed E-state index contributed by atoms with van der Waals surface area (Å²) < 4.78 is 0. The quantitative estimate of drug-likeness (QED) is 0.854. The molecule has 0 saturated heterocycles. The number of hydrogen-bond acceptors (Lipinski definition) is 2. The highest BCUT2D eigenvalue weighted by molar-refractivity contribution is 6.31. The Hall–Kier alpha value is -2.30. The van der Waals surface area contributed by atoms with Crippen molar-refractivity contribution in [1.82, 2.24) is 10.2 Å². The number of rotatable bonds is 4. The number of carbonyl (C=O) groups excluding carboxylic acids is 1. The van der Waals surface area contributed by atoms with Crippen molar-refractivity contribution in [2.45, 2.75) is 13.0 Å². The predicted molar refractivity (Wildman–Crippen MR) is 104 cm³/mol. The third-order valence-electron chi connectivity index (χ3n) is 4.35. The summed E-state index contributed by atoms with van der Waals surface area (Å²) in [5.41, 5.74) is 4.32. The number of nitrogens with one attached hydrogen (secondary N) is 2. The van der Waals surface area contributed by atoms with Crippen molar-refractivity contribution >= 4 is 28.9 Å². The summed E-state index contributed by atoms with van der Waals surface area (Å²) in [5, 5.41) is 6.13. The van der Waals surface area contributed by atoms with Crippen molar-refractivity contribution in [2.24, 2.45) is 0 Å². The fourth-order valence-corrected chi connectivity index (χ4v) is 3.19. The molecule has 0 atom stereocenters. The third kappa shape index (κ3) is 4.62. The van der Waals surface area contributed by atoms with Gasteiger partial charge in [0.25, 0.3) is 0 Å². The molecule has 0 fully saturated rings. The van der Waals surface area contributed by atoms with E-state index in [4.69, 9.17) is 11.6 Å². The molecule has 1 heterocycles. The number of urea groups is 1. The maximum atomic E-state index is 11.7. The van der Waals surface area contributed by atoms with E-state index in [0.717, 1.165) is 37.3 Å². The molecule has 0 aliphatic carbocycles. The zero-order valence-corrected chi connectivity index (χ0v) is 15.0. The van der Waals surface area contributed by atoms with E-state index >= 15 is 0 Å².